The second-order valence-corrected chi connectivity index (χ2v) is 7.56. The summed E-state index contributed by atoms with van der Waals surface area (Å²) in [6.45, 7) is 2.07. The van der Waals surface area contributed by atoms with Gasteiger partial charge in [-0.1, -0.05) is 11.7 Å². The molecule has 0 spiro atoms. The molecule has 0 aromatic rings. The molecule has 1 aliphatic rings. The van der Waals surface area contributed by atoms with Crippen LogP contribution in [0.1, 0.15) is 6.42 Å². The molecule has 1 atom stereocenters. The van der Waals surface area contributed by atoms with Crippen LogP contribution in [-0.2, 0) is 9.15 Å². The Balaban J connectivity index is 2.34. The Labute approximate surface area is 73.9 Å². The van der Waals surface area contributed by atoms with Crippen molar-refractivity contribution in [3.8, 4) is 0 Å². The summed E-state index contributed by atoms with van der Waals surface area (Å²) in [6.07, 6.45) is 2.73. The minimum Gasteiger partial charge on any atom is -0.305 e. The Morgan fingerprint density at radius 1 is 1.73 bits per heavy atom. The quantitative estimate of drug-likeness (QED) is 0.418. The van der Waals surface area contributed by atoms with Crippen LogP contribution in [-0.4, -0.2) is 41.5 Å². The minimum absolute atomic E-state index is 0.369. The van der Waals surface area contributed by atoms with E-state index in [9.17, 15) is 4.21 Å². The predicted molar refractivity (Wildman–Crippen MR) is 53.5 cm³/mol. The maximum atomic E-state index is 11.2. The van der Waals surface area contributed by atoms with Crippen molar-refractivity contribution in [2.24, 2.45) is 0 Å². The zero-order valence-electron chi connectivity index (χ0n) is 6.95. The Hall–Kier alpha value is 0.420. The molecule has 1 aliphatic heterocycles. The van der Waals surface area contributed by atoms with Gasteiger partial charge in [-0.05, 0) is 29.2 Å². The van der Waals surface area contributed by atoms with Gasteiger partial charge in [-0.15, -0.1) is 0 Å². The van der Waals surface area contributed by atoms with Crippen molar-refractivity contribution in [3.63, 3.8) is 0 Å². The maximum Gasteiger partial charge on any atom is 0.0322 e. The highest BCUT2D eigenvalue weighted by molar-refractivity contribution is 8.68. The molecule has 5 heteroatoms. The summed E-state index contributed by atoms with van der Waals surface area (Å²) in [5.41, 5.74) is 0. The molecule has 0 aromatic heterocycles. The van der Waals surface area contributed by atoms with E-state index in [0.717, 1.165) is 19.5 Å². The first kappa shape index (κ1) is 9.51. The van der Waals surface area contributed by atoms with Gasteiger partial charge in [0.1, 0.15) is 0 Å². The smallest absolute Gasteiger partial charge is 0.0322 e. The van der Waals surface area contributed by atoms with Crippen molar-refractivity contribution in [2.75, 3.05) is 26.4 Å². The first-order valence-corrected chi connectivity index (χ1v) is 7.05. The third-order valence-electron chi connectivity index (χ3n) is 1.81. The molecule has 11 heavy (non-hydrogen) atoms. The average molecular weight is 196 g/mol. The summed E-state index contributed by atoms with van der Waals surface area (Å²) in [4.78, 5) is 2.22. The zero-order valence-corrected chi connectivity index (χ0v) is 8.74. The molecule has 1 heterocycles. The number of likely N-dealkylation sites (N-methyl/N-ethyl adjacent to an activating group) is 1. The Bertz CT molecular complexity index is 179. The number of likely N-dealkylation sites (tertiary alicyclic amines) is 1. The van der Waals surface area contributed by atoms with E-state index in [1.165, 1.54) is 0 Å². The highest BCUT2D eigenvalue weighted by Crippen LogP contribution is 2.10. The Morgan fingerprint density at radius 3 is 2.73 bits per heavy atom. The molecule has 0 saturated carbocycles. The molecule has 0 radical (unpaired) electrons. The number of thiol groups is 2. The first-order chi connectivity index (χ1) is 4.97. The number of rotatable bonds is 2. The summed E-state index contributed by atoms with van der Waals surface area (Å²) < 4.78 is 14.2. The van der Waals surface area contributed by atoms with E-state index in [1.807, 2.05) is 0 Å². The summed E-state index contributed by atoms with van der Waals surface area (Å²) in [5.74, 6) is 0. The maximum absolute atomic E-state index is 11.2. The first-order valence-electron chi connectivity index (χ1n) is 3.74. The molecule has 0 aromatic carbocycles. The lowest BCUT2D eigenvalue weighted by molar-refractivity contribution is 0.408. The normalized spacial score (nSPS) is 29.2. The van der Waals surface area contributed by atoms with Gasteiger partial charge in [-0.25, -0.2) is 4.72 Å². The zero-order chi connectivity index (χ0) is 8.48. The largest absolute Gasteiger partial charge is 0.305 e. The SMILES string of the molecule is CN1CC[C@@H](N[SH](C)(=O)S)C1. The van der Waals surface area contributed by atoms with Crippen LogP contribution in [0.15, 0.2) is 0 Å². The van der Waals surface area contributed by atoms with Crippen LogP contribution < -0.4 is 4.72 Å². The van der Waals surface area contributed by atoms with Crippen molar-refractivity contribution >= 4 is 20.8 Å². The number of nitrogens with one attached hydrogen (secondary N) is 1. The lowest BCUT2D eigenvalue weighted by Crippen LogP contribution is -2.36. The highest BCUT2D eigenvalue weighted by atomic mass is 33.1. The van der Waals surface area contributed by atoms with Crippen LogP contribution in [0.3, 0.4) is 0 Å². The van der Waals surface area contributed by atoms with E-state index in [-0.39, 0.29) is 0 Å². The van der Waals surface area contributed by atoms with E-state index in [4.69, 9.17) is 0 Å². The fourth-order valence-electron chi connectivity index (χ4n) is 1.38. The van der Waals surface area contributed by atoms with E-state index < -0.39 is 9.15 Å². The third kappa shape index (κ3) is 3.55. The molecule has 68 valence electrons. The van der Waals surface area contributed by atoms with Crippen LogP contribution in [0.4, 0.5) is 0 Å². The fraction of sp³-hybridized carbons (Fsp3) is 1.00. The summed E-state index contributed by atoms with van der Waals surface area (Å²) in [5, 5.41) is 0. The third-order valence-corrected chi connectivity index (χ3v) is 3.00. The van der Waals surface area contributed by atoms with Crippen LogP contribution in [0.5, 0.6) is 0 Å². The lowest BCUT2D eigenvalue weighted by Gasteiger charge is -2.19. The van der Waals surface area contributed by atoms with Gasteiger partial charge in [0.05, 0.1) is 0 Å². The van der Waals surface area contributed by atoms with E-state index >= 15 is 0 Å². The van der Waals surface area contributed by atoms with Gasteiger partial charge in [-0.2, -0.15) is 0 Å². The van der Waals surface area contributed by atoms with Gasteiger partial charge in [0.2, 0.25) is 0 Å². The molecule has 0 aliphatic carbocycles. The van der Waals surface area contributed by atoms with Gasteiger partial charge in [-0.3, -0.25) is 4.21 Å². The molecule has 1 N–H and O–H groups in total. The van der Waals surface area contributed by atoms with Crippen LogP contribution in [0.2, 0.25) is 0 Å². The molecule has 1 fully saturated rings. The van der Waals surface area contributed by atoms with E-state index in [0.29, 0.717) is 6.04 Å². The number of hydrogen-bond acceptors (Lipinski definition) is 2. The fourth-order valence-corrected chi connectivity index (χ4v) is 2.76. The van der Waals surface area contributed by atoms with Crippen LogP contribution in [0, 0.1) is 0 Å². The summed E-state index contributed by atoms with van der Waals surface area (Å²) in [6, 6.07) is 0.369. The number of hydrogen-bond donors (Lipinski definition) is 3. The predicted octanol–water partition coefficient (Wildman–Crippen LogP) is -0.314. The van der Waals surface area contributed by atoms with E-state index in [2.05, 4.69) is 28.3 Å². The topological polar surface area (TPSA) is 32.3 Å². The van der Waals surface area contributed by atoms with Gasteiger partial charge in [0, 0.05) is 18.8 Å². The standard InChI is InChI=1S/C6H16N2OS2/c1-8-4-3-6(5-8)7-11(2,9)10/h6,11H,3-5H2,1-2H3,(H2,7,9,10)/t6-/m1/s1. The van der Waals surface area contributed by atoms with Crippen LogP contribution >= 0.6 is 11.7 Å². The number of nitrogens with zero attached hydrogens (tertiary/aromatic N) is 1. The van der Waals surface area contributed by atoms with Gasteiger partial charge >= 0.3 is 0 Å². The van der Waals surface area contributed by atoms with Gasteiger partial charge in [0.15, 0.2) is 0 Å². The molecule has 3 nitrogen and oxygen atoms in total. The molecular formula is C6H16N2OS2. The van der Waals surface area contributed by atoms with Gasteiger partial charge in [0.25, 0.3) is 0 Å². The second-order valence-electron chi connectivity index (χ2n) is 3.26. The lowest BCUT2D eigenvalue weighted by atomic mass is 10.3. The van der Waals surface area contributed by atoms with Crippen molar-refractivity contribution in [1.29, 1.82) is 0 Å². The second kappa shape index (κ2) is 3.43. The molecule has 1 rings (SSSR count). The Morgan fingerprint density at radius 2 is 2.36 bits per heavy atom. The minimum atomic E-state index is -2.32. The molecule has 0 amide bonds. The van der Waals surface area contributed by atoms with Gasteiger partial charge < -0.3 is 4.90 Å². The summed E-state index contributed by atoms with van der Waals surface area (Å²) in [7, 11) is -0.253. The van der Waals surface area contributed by atoms with Crippen molar-refractivity contribution in [1.82, 2.24) is 9.62 Å². The van der Waals surface area contributed by atoms with Crippen molar-refractivity contribution in [2.45, 2.75) is 12.5 Å². The van der Waals surface area contributed by atoms with Crippen molar-refractivity contribution < 1.29 is 4.21 Å². The Kier molecular flexibility index (Phi) is 2.96. The van der Waals surface area contributed by atoms with Crippen LogP contribution in [0.25, 0.3) is 0 Å². The van der Waals surface area contributed by atoms with Crippen molar-refractivity contribution in [3.05, 3.63) is 0 Å². The summed E-state index contributed by atoms with van der Waals surface area (Å²) >= 11 is 3.99. The molecule has 1 saturated heterocycles. The highest BCUT2D eigenvalue weighted by Gasteiger charge is 2.20. The van der Waals surface area contributed by atoms with E-state index in [1.54, 1.807) is 6.26 Å². The monoisotopic (exact) mass is 196 g/mol. The molecular weight excluding hydrogens is 180 g/mol. The molecule has 0 bridgehead atoms. The molecule has 0 unspecified atom stereocenters. The average Bonchev–Trinajstić information content (AvgIpc) is 2.10.